The third-order valence-electron chi connectivity index (χ3n) is 4.42. The Balaban J connectivity index is 1.89. The molecule has 0 bridgehead atoms. The SMILES string of the molecule is CC(C)[C@H](NC(=O)OCc1ccccc1)C(=O)OCCc1cc(C(=O)OCCl)c[nH]c1=O. The Kier molecular flexibility index (Phi) is 9.75. The van der Waals surface area contributed by atoms with Crippen molar-refractivity contribution in [2.75, 3.05) is 12.7 Å². The maximum Gasteiger partial charge on any atom is 0.408 e. The summed E-state index contributed by atoms with van der Waals surface area (Å²) in [7, 11) is 0. The molecule has 0 spiro atoms. The number of ether oxygens (including phenoxy) is 3. The first-order valence-electron chi connectivity index (χ1n) is 9.90. The summed E-state index contributed by atoms with van der Waals surface area (Å²) in [6, 6.07) is 9.23. The number of benzene rings is 1. The molecule has 0 saturated heterocycles. The van der Waals surface area contributed by atoms with Crippen LogP contribution in [0.25, 0.3) is 0 Å². The molecule has 1 aromatic carbocycles. The van der Waals surface area contributed by atoms with Gasteiger partial charge in [-0.3, -0.25) is 4.79 Å². The minimum absolute atomic E-state index is 0.0618. The number of alkyl halides is 1. The number of aromatic nitrogens is 1. The van der Waals surface area contributed by atoms with Gasteiger partial charge in [0, 0.05) is 18.2 Å². The van der Waals surface area contributed by atoms with Crippen molar-refractivity contribution in [1.29, 1.82) is 0 Å². The lowest BCUT2D eigenvalue weighted by Gasteiger charge is -2.20. The molecular formula is C22H25ClN2O7. The zero-order valence-corrected chi connectivity index (χ0v) is 18.5. The third-order valence-corrected chi connectivity index (χ3v) is 4.53. The summed E-state index contributed by atoms with van der Waals surface area (Å²) in [6.45, 7) is 3.44. The van der Waals surface area contributed by atoms with E-state index in [0.717, 1.165) is 5.56 Å². The number of hydrogen-bond acceptors (Lipinski definition) is 7. The van der Waals surface area contributed by atoms with Gasteiger partial charge in [-0.1, -0.05) is 55.8 Å². The van der Waals surface area contributed by atoms with Crippen LogP contribution in [0.4, 0.5) is 4.79 Å². The number of pyridine rings is 1. The molecule has 2 N–H and O–H groups in total. The van der Waals surface area contributed by atoms with Crippen LogP contribution in [-0.2, 0) is 32.0 Å². The van der Waals surface area contributed by atoms with Gasteiger partial charge in [-0.15, -0.1) is 0 Å². The van der Waals surface area contributed by atoms with Crippen molar-refractivity contribution in [3.8, 4) is 0 Å². The predicted molar refractivity (Wildman–Crippen MR) is 116 cm³/mol. The van der Waals surface area contributed by atoms with Crippen LogP contribution < -0.4 is 10.9 Å². The van der Waals surface area contributed by atoms with E-state index in [1.54, 1.807) is 13.8 Å². The van der Waals surface area contributed by atoms with Crippen LogP contribution in [0.15, 0.2) is 47.4 Å². The first-order valence-corrected chi connectivity index (χ1v) is 10.4. The Bertz CT molecular complexity index is 976. The van der Waals surface area contributed by atoms with Crippen molar-refractivity contribution in [3.05, 3.63) is 69.6 Å². The Morgan fingerprint density at radius 3 is 2.47 bits per heavy atom. The molecule has 10 heteroatoms. The van der Waals surface area contributed by atoms with Gasteiger partial charge >= 0.3 is 18.0 Å². The average molecular weight is 465 g/mol. The normalized spacial score (nSPS) is 11.5. The monoisotopic (exact) mass is 464 g/mol. The van der Waals surface area contributed by atoms with Crippen molar-refractivity contribution >= 4 is 29.6 Å². The van der Waals surface area contributed by atoms with Crippen LogP contribution >= 0.6 is 11.6 Å². The van der Waals surface area contributed by atoms with Gasteiger partial charge in [0.25, 0.3) is 5.56 Å². The molecule has 1 aromatic heterocycles. The average Bonchev–Trinajstić information content (AvgIpc) is 2.77. The van der Waals surface area contributed by atoms with Gasteiger partial charge in [0.1, 0.15) is 12.6 Å². The number of carbonyl (C=O) groups is 3. The number of aromatic amines is 1. The largest absolute Gasteiger partial charge is 0.464 e. The Hall–Kier alpha value is -3.33. The second-order valence-corrected chi connectivity index (χ2v) is 7.35. The van der Waals surface area contributed by atoms with Crippen molar-refractivity contribution in [1.82, 2.24) is 10.3 Å². The summed E-state index contributed by atoms with van der Waals surface area (Å²) in [5.41, 5.74) is 0.743. The van der Waals surface area contributed by atoms with Gasteiger partial charge in [0.2, 0.25) is 0 Å². The fourth-order valence-electron chi connectivity index (χ4n) is 2.71. The van der Waals surface area contributed by atoms with Crippen LogP contribution in [0, 0.1) is 5.92 Å². The molecular weight excluding hydrogens is 440 g/mol. The van der Waals surface area contributed by atoms with E-state index in [4.69, 9.17) is 21.1 Å². The number of hydrogen-bond donors (Lipinski definition) is 2. The smallest absolute Gasteiger partial charge is 0.408 e. The van der Waals surface area contributed by atoms with Crippen LogP contribution in [0.5, 0.6) is 0 Å². The Morgan fingerprint density at radius 2 is 1.81 bits per heavy atom. The number of rotatable bonds is 10. The van der Waals surface area contributed by atoms with Gasteiger partial charge in [-0.2, -0.15) is 0 Å². The number of halogens is 1. The molecule has 0 aliphatic rings. The maximum atomic E-state index is 12.5. The summed E-state index contributed by atoms with van der Waals surface area (Å²) < 4.78 is 15.1. The zero-order chi connectivity index (χ0) is 23.5. The lowest BCUT2D eigenvalue weighted by molar-refractivity contribution is -0.147. The molecule has 0 fully saturated rings. The summed E-state index contributed by atoms with van der Waals surface area (Å²) in [5.74, 6) is -1.61. The molecule has 32 heavy (non-hydrogen) atoms. The number of alkyl carbamates (subject to hydrolysis) is 1. The minimum Gasteiger partial charge on any atom is -0.464 e. The van der Waals surface area contributed by atoms with Gasteiger partial charge in [0.05, 0.1) is 12.2 Å². The number of H-pyrrole nitrogens is 1. The van der Waals surface area contributed by atoms with E-state index in [2.05, 4.69) is 15.0 Å². The van der Waals surface area contributed by atoms with Crippen LogP contribution in [-0.4, -0.2) is 41.7 Å². The lowest BCUT2D eigenvalue weighted by atomic mass is 10.1. The van der Waals surface area contributed by atoms with E-state index in [1.807, 2.05) is 30.3 Å². The molecule has 1 heterocycles. The number of carbonyl (C=O) groups excluding carboxylic acids is 3. The molecule has 2 rings (SSSR count). The standard InChI is InChI=1S/C22H25ClN2O7/c1-14(2)18(25-22(29)31-12-15-6-4-3-5-7-15)21(28)30-9-8-16-10-17(11-24-19(16)26)20(27)32-13-23/h3-7,10-11,14,18H,8-9,12-13H2,1-2H3,(H,24,26)(H,25,29)/t18-/m0/s1. The van der Waals surface area contributed by atoms with E-state index in [-0.39, 0.29) is 42.7 Å². The second-order valence-electron chi connectivity index (χ2n) is 7.13. The summed E-state index contributed by atoms with van der Waals surface area (Å²) >= 11 is 5.37. The number of amides is 1. The maximum absolute atomic E-state index is 12.5. The molecule has 1 atom stereocenters. The van der Waals surface area contributed by atoms with Crippen LogP contribution in [0.2, 0.25) is 0 Å². The first-order chi connectivity index (χ1) is 15.3. The molecule has 9 nitrogen and oxygen atoms in total. The molecule has 0 radical (unpaired) electrons. The highest BCUT2D eigenvalue weighted by atomic mass is 35.5. The van der Waals surface area contributed by atoms with Gasteiger partial charge < -0.3 is 24.5 Å². The topological polar surface area (TPSA) is 124 Å². The molecule has 172 valence electrons. The van der Waals surface area contributed by atoms with E-state index in [1.165, 1.54) is 12.3 Å². The highest BCUT2D eigenvalue weighted by molar-refractivity contribution is 6.17. The Labute approximate surface area is 190 Å². The van der Waals surface area contributed by atoms with Gasteiger partial charge in [-0.05, 0) is 17.5 Å². The highest BCUT2D eigenvalue weighted by Gasteiger charge is 2.26. The summed E-state index contributed by atoms with van der Waals surface area (Å²) in [5, 5.41) is 2.51. The molecule has 1 amide bonds. The quantitative estimate of drug-likeness (QED) is 0.314. The molecule has 0 aliphatic carbocycles. The minimum atomic E-state index is -0.929. The van der Waals surface area contributed by atoms with E-state index in [9.17, 15) is 19.2 Å². The van der Waals surface area contributed by atoms with Crippen LogP contribution in [0.3, 0.4) is 0 Å². The van der Waals surface area contributed by atoms with E-state index >= 15 is 0 Å². The van der Waals surface area contributed by atoms with Crippen molar-refractivity contribution in [2.24, 2.45) is 5.92 Å². The lowest BCUT2D eigenvalue weighted by Crippen LogP contribution is -2.45. The number of nitrogens with one attached hydrogen (secondary N) is 2. The predicted octanol–water partition coefficient (Wildman–Crippen LogP) is 2.76. The molecule has 2 aromatic rings. The second kappa shape index (κ2) is 12.5. The van der Waals surface area contributed by atoms with E-state index in [0.29, 0.717) is 0 Å². The molecule has 0 aliphatic heterocycles. The van der Waals surface area contributed by atoms with Crippen molar-refractivity contribution < 1.29 is 28.6 Å². The fourth-order valence-corrected chi connectivity index (χ4v) is 2.81. The van der Waals surface area contributed by atoms with Gasteiger partial charge in [-0.25, -0.2) is 14.4 Å². The Morgan fingerprint density at radius 1 is 1.09 bits per heavy atom. The highest BCUT2D eigenvalue weighted by Crippen LogP contribution is 2.08. The van der Waals surface area contributed by atoms with Crippen LogP contribution in [0.1, 0.15) is 35.3 Å². The molecule has 0 saturated carbocycles. The third kappa shape index (κ3) is 7.73. The summed E-state index contributed by atoms with van der Waals surface area (Å²) in [4.78, 5) is 50.7. The van der Waals surface area contributed by atoms with Crippen molar-refractivity contribution in [3.63, 3.8) is 0 Å². The fraction of sp³-hybridized carbons (Fsp3) is 0.364. The number of esters is 2. The zero-order valence-electron chi connectivity index (χ0n) is 17.8. The molecule has 0 unspecified atom stereocenters. The van der Waals surface area contributed by atoms with Crippen molar-refractivity contribution in [2.45, 2.75) is 32.9 Å². The van der Waals surface area contributed by atoms with E-state index < -0.39 is 29.6 Å². The summed E-state index contributed by atoms with van der Waals surface area (Å²) in [6.07, 6.45) is 0.533. The van der Waals surface area contributed by atoms with Gasteiger partial charge in [0.15, 0.2) is 6.07 Å². The first kappa shape index (κ1) is 24.9.